The summed E-state index contributed by atoms with van der Waals surface area (Å²) < 4.78 is 0. The van der Waals surface area contributed by atoms with E-state index in [9.17, 15) is 4.79 Å². The van der Waals surface area contributed by atoms with Crippen molar-refractivity contribution in [3.8, 4) is 22.8 Å². The molecule has 1 amide bonds. The molecule has 0 saturated heterocycles. The standard InChI is InChI=1S/C23H27N5O.ClH/c24-16-23(13-7-2-8-14-23)15-20(29)25-19-12-6-5-11-18(19)22-26-21(27-28-22)17-9-3-1-4-10-17;/h1,3-6,9-12H,2,7-8,13-16,24H2,(H,25,29)(H,26,27,28);1H. The summed E-state index contributed by atoms with van der Waals surface area (Å²) in [5, 5.41) is 10.4. The summed E-state index contributed by atoms with van der Waals surface area (Å²) in [5.41, 5.74) is 8.49. The van der Waals surface area contributed by atoms with Gasteiger partial charge in [0.15, 0.2) is 11.6 Å². The van der Waals surface area contributed by atoms with E-state index in [0.717, 1.165) is 42.5 Å². The van der Waals surface area contributed by atoms with Crippen LogP contribution in [-0.2, 0) is 4.79 Å². The molecular formula is C23H28ClN5O. The van der Waals surface area contributed by atoms with Crippen molar-refractivity contribution in [2.75, 3.05) is 11.9 Å². The highest BCUT2D eigenvalue weighted by atomic mass is 35.5. The first-order chi connectivity index (χ1) is 14.2. The third-order valence-electron chi connectivity index (χ3n) is 5.86. The van der Waals surface area contributed by atoms with Crippen molar-refractivity contribution in [2.45, 2.75) is 38.5 Å². The largest absolute Gasteiger partial charge is 0.330 e. The molecule has 2 aromatic carbocycles. The van der Waals surface area contributed by atoms with Crippen molar-refractivity contribution in [3.05, 3.63) is 54.6 Å². The molecule has 6 nitrogen and oxygen atoms in total. The third-order valence-corrected chi connectivity index (χ3v) is 5.86. The lowest BCUT2D eigenvalue weighted by Gasteiger charge is -2.35. The van der Waals surface area contributed by atoms with Gasteiger partial charge in [-0.2, -0.15) is 5.10 Å². The van der Waals surface area contributed by atoms with Crippen LogP contribution in [0.1, 0.15) is 38.5 Å². The molecule has 0 atom stereocenters. The predicted octanol–water partition coefficient (Wildman–Crippen LogP) is 4.80. The predicted molar refractivity (Wildman–Crippen MR) is 122 cm³/mol. The number of benzene rings is 2. The number of halogens is 1. The van der Waals surface area contributed by atoms with Gasteiger partial charge in [-0.3, -0.25) is 9.89 Å². The van der Waals surface area contributed by atoms with Gasteiger partial charge in [-0.1, -0.05) is 61.7 Å². The van der Waals surface area contributed by atoms with E-state index in [1.165, 1.54) is 6.42 Å². The fraction of sp³-hybridized carbons (Fsp3) is 0.348. The summed E-state index contributed by atoms with van der Waals surface area (Å²) in [7, 11) is 0. The minimum Gasteiger partial charge on any atom is -0.330 e. The lowest BCUT2D eigenvalue weighted by Crippen LogP contribution is -2.36. The van der Waals surface area contributed by atoms with Crippen LogP contribution in [0.3, 0.4) is 0 Å². The molecule has 0 bridgehead atoms. The second-order valence-corrected chi connectivity index (χ2v) is 7.91. The molecule has 1 aliphatic rings. The van der Waals surface area contributed by atoms with Crippen LogP contribution in [0.25, 0.3) is 22.8 Å². The summed E-state index contributed by atoms with van der Waals surface area (Å²) in [6, 6.07) is 17.5. The van der Waals surface area contributed by atoms with Crippen LogP contribution in [-0.4, -0.2) is 27.6 Å². The number of hydrogen-bond acceptors (Lipinski definition) is 4. The summed E-state index contributed by atoms with van der Waals surface area (Å²) in [6.07, 6.45) is 6.07. The molecule has 4 N–H and O–H groups in total. The maximum absolute atomic E-state index is 12.8. The van der Waals surface area contributed by atoms with E-state index < -0.39 is 0 Å². The molecule has 0 spiro atoms. The van der Waals surface area contributed by atoms with Crippen LogP contribution >= 0.6 is 12.4 Å². The number of nitrogens with one attached hydrogen (secondary N) is 2. The number of para-hydroxylation sites is 1. The Morgan fingerprint density at radius 2 is 1.73 bits per heavy atom. The van der Waals surface area contributed by atoms with Crippen LogP contribution in [0, 0.1) is 5.41 Å². The Morgan fingerprint density at radius 1 is 1.03 bits per heavy atom. The van der Waals surface area contributed by atoms with E-state index in [2.05, 4.69) is 20.5 Å². The van der Waals surface area contributed by atoms with Crippen LogP contribution in [0.4, 0.5) is 5.69 Å². The molecule has 7 heteroatoms. The minimum atomic E-state index is -0.0655. The molecule has 0 unspecified atom stereocenters. The summed E-state index contributed by atoms with van der Waals surface area (Å²) in [4.78, 5) is 17.5. The molecule has 4 rings (SSSR count). The Kier molecular flexibility index (Phi) is 7.24. The topological polar surface area (TPSA) is 96.7 Å². The molecule has 1 saturated carbocycles. The molecule has 1 heterocycles. The SMILES string of the molecule is Cl.NCC1(CC(=O)Nc2ccccc2-c2nc(-c3ccccc3)n[nH]2)CCCCC1. The van der Waals surface area contributed by atoms with Crippen molar-refractivity contribution in [2.24, 2.45) is 11.1 Å². The smallest absolute Gasteiger partial charge is 0.224 e. The first-order valence-corrected chi connectivity index (χ1v) is 10.3. The summed E-state index contributed by atoms with van der Waals surface area (Å²) in [5.74, 6) is 1.27. The fourth-order valence-corrected chi connectivity index (χ4v) is 4.19. The second-order valence-electron chi connectivity index (χ2n) is 7.91. The van der Waals surface area contributed by atoms with Gasteiger partial charge in [0.05, 0.1) is 5.69 Å². The number of carbonyl (C=O) groups excluding carboxylic acids is 1. The lowest BCUT2D eigenvalue weighted by molar-refractivity contribution is -0.118. The third kappa shape index (κ3) is 4.89. The molecular weight excluding hydrogens is 398 g/mol. The number of carbonyl (C=O) groups is 1. The Balaban J connectivity index is 0.00000256. The minimum absolute atomic E-state index is 0. The number of hydrogen-bond donors (Lipinski definition) is 3. The molecule has 3 aromatic rings. The van der Waals surface area contributed by atoms with Crippen molar-refractivity contribution in [1.82, 2.24) is 15.2 Å². The highest BCUT2D eigenvalue weighted by Gasteiger charge is 2.33. The van der Waals surface area contributed by atoms with E-state index in [0.29, 0.717) is 24.6 Å². The Bertz CT molecular complexity index is 966. The average molecular weight is 426 g/mol. The number of H-pyrrole nitrogens is 1. The van der Waals surface area contributed by atoms with Crippen molar-refractivity contribution in [3.63, 3.8) is 0 Å². The first-order valence-electron chi connectivity index (χ1n) is 10.3. The summed E-state index contributed by atoms with van der Waals surface area (Å²) in [6.45, 7) is 0.560. The van der Waals surface area contributed by atoms with Crippen LogP contribution in [0.15, 0.2) is 54.6 Å². The maximum atomic E-state index is 12.8. The van der Waals surface area contributed by atoms with E-state index in [4.69, 9.17) is 5.73 Å². The quantitative estimate of drug-likeness (QED) is 0.528. The van der Waals surface area contributed by atoms with Gasteiger partial charge >= 0.3 is 0 Å². The van der Waals surface area contributed by atoms with Gasteiger partial charge in [-0.15, -0.1) is 12.4 Å². The molecule has 0 aliphatic heterocycles. The number of nitrogens with zero attached hydrogens (tertiary/aromatic N) is 2. The highest BCUT2D eigenvalue weighted by molar-refractivity contribution is 5.95. The highest BCUT2D eigenvalue weighted by Crippen LogP contribution is 2.39. The van der Waals surface area contributed by atoms with Gasteiger partial charge in [-0.05, 0) is 36.9 Å². The van der Waals surface area contributed by atoms with E-state index in [1.807, 2.05) is 54.6 Å². The van der Waals surface area contributed by atoms with E-state index in [-0.39, 0.29) is 23.7 Å². The fourth-order valence-electron chi connectivity index (χ4n) is 4.19. The van der Waals surface area contributed by atoms with E-state index >= 15 is 0 Å². The monoisotopic (exact) mass is 425 g/mol. The number of amides is 1. The number of rotatable bonds is 6. The van der Waals surface area contributed by atoms with Gasteiger partial charge in [0, 0.05) is 17.5 Å². The molecule has 0 radical (unpaired) electrons. The average Bonchev–Trinajstić information content (AvgIpc) is 3.25. The van der Waals surface area contributed by atoms with Gasteiger partial charge in [0.1, 0.15) is 0 Å². The van der Waals surface area contributed by atoms with E-state index in [1.54, 1.807) is 0 Å². The lowest BCUT2D eigenvalue weighted by atomic mass is 9.71. The first kappa shape index (κ1) is 22.0. The number of aromatic amines is 1. The summed E-state index contributed by atoms with van der Waals surface area (Å²) >= 11 is 0. The second kappa shape index (κ2) is 9.87. The van der Waals surface area contributed by atoms with Crippen molar-refractivity contribution < 1.29 is 4.79 Å². The normalized spacial score (nSPS) is 15.2. The van der Waals surface area contributed by atoms with Gasteiger partial charge < -0.3 is 11.1 Å². The zero-order valence-electron chi connectivity index (χ0n) is 16.9. The van der Waals surface area contributed by atoms with Crippen LogP contribution < -0.4 is 11.1 Å². The number of nitrogens with two attached hydrogens (primary N) is 1. The number of aromatic nitrogens is 3. The molecule has 1 aliphatic carbocycles. The molecule has 30 heavy (non-hydrogen) atoms. The maximum Gasteiger partial charge on any atom is 0.224 e. The van der Waals surface area contributed by atoms with Crippen molar-refractivity contribution >= 4 is 24.0 Å². The molecule has 1 aromatic heterocycles. The van der Waals surface area contributed by atoms with Gasteiger partial charge in [0.2, 0.25) is 5.91 Å². The zero-order valence-corrected chi connectivity index (χ0v) is 17.8. The van der Waals surface area contributed by atoms with Gasteiger partial charge in [-0.25, -0.2) is 4.98 Å². The van der Waals surface area contributed by atoms with Crippen LogP contribution in [0.2, 0.25) is 0 Å². The van der Waals surface area contributed by atoms with Gasteiger partial charge in [0.25, 0.3) is 0 Å². The van der Waals surface area contributed by atoms with Crippen LogP contribution in [0.5, 0.6) is 0 Å². The molecule has 1 fully saturated rings. The zero-order chi connectivity index (χ0) is 20.1. The Labute approximate surface area is 183 Å². The Hall–Kier alpha value is -2.70. The number of anilines is 1. The molecule has 158 valence electrons. The van der Waals surface area contributed by atoms with Crippen molar-refractivity contribution in [1.29, 1.82) is 0 Å². The Morgan fingerprint density at radius 3 is 2.47 bits per heavy atom.